The molecule has 0 aromatic rings. The lowest BCUT2D eigenvalue weighted by Crippen LogP contribution is -2.72. The van der Waals surface area contributed by atoms with Crippen molar-refractivity contribution in [2.24, 2.45) is 5.41 Å². The van der Waals surface area contributed by atoms with Gasteiger partial charge in [0.2, 0.25) is 11.8 Å². The molecule has 1 aliphatic carbocycles. The monoisotopic (exact) mass is 288 g/mol. The van der Waals surface area contributed by atoms with Crippen LogP contribution >= 0.6 is 0 Å². The molecule has 4 nitrogen and oxygen atoms in total. The van der Waals surface area contributed by atoms with E-state index < -0.39 is 30.0 Å². The van der Waals surface area contributed by atoms with Crippen molar-refractivity contribution >= 4 is 11.8 Å². The molecule has 2 rings (SSSR count). The molecule has 1 saturated carbocycles. The van der Waals surface area contributed by atoms with Crippen molar-refractivity contribution in [3.05, 3.63) is 0 Å². The Balaban J connectivity index is 2.36. The van der Waals surface area contributed by atoms with E-state index in [9.17, 15) is 18.4 Å². The number of nitrogens with zero attached hydrogens (tertiary/aromatic N) is 1. The highest BCUT2D eigenvalue weighted by molar-refractivity contribution is 6.00. The second kappa shape index (κ2) is 4.97. The lowest BCUT2D eigenvalue weighted by atomic mass is 9.80. The SMILES string of the molecule is CC(C)(C)C1NC(=O)C2(CCCC2)N(CC(F)F)C1=O. The third kappa shape index (κ3) is 2.40. The zero-order chi connectivity index (χ0) is 15.1. The van der Waals surface area contributed by atoms with Gasteiger partial charge < -0.3 is 10.2 Å². The molecule has 1 saturated heterocycles. The normalized spacial score (nSPS) is 26.5. The van der Waals surface area contributed by atoms with Crippen molar-refractivity contribution in [1.82, 2.24) is 10.2 Å². The summed E-state index contributed by atoms with van der Waals surface area (Å²) in [5.74, 6) is -0.644. The first-order valence-corrected chi connectivity index (χ1v) is 7.09. The van der Waals surface area contributed by atoms with Crippen LogP contribution in [-0.4, -0.2) is 41.3 Å². The lowest BCUT2D eigenvalue weighted by molar-refractivity contribution is -0.163. The van der Waals surface area contributed by atoms with Gasteiger partial charge in [-0.25, -0.2) is 8.78 Å². The number of hydrogen-bond acceptors (Lipinski definition) is 2. The quantitative estimate of drug-likeness (QED) is 0.844. The number of alkyl halides is 2. The van der Waals surface area contributed by atoms with Crippen molar-refractivity contribution in [2.75, 3.05) is 6.54 Å². The minimum absolute atomic E-state index is 0.268. The van der Waals surface area contributed by atoms with Gasteiger partial charge in [0, 0.05) is 0 Å². The molecule has 2 fully saturated rings. The maximum absolute atomic E-state index is 12.9. The van der Waals surface area contributed by atoms with Gasteiger partial charge in [0.25, 0.3) is 6.43 Å². The first kappa shape index (κ1) is 15.2. The highest BCUT2D eigenvalue weighted by Gasteiger charge is 2.56. The molecule has 114 valence electrons. The van der Waals surface area contributed by atoms with E-state index >= 15 is 0 Å². The number of amides is 2. The van der Waals surface area contributed by atoms with Gasteiger partial charge in [0.15, 0.2) is 0 Å². The van der Waals surface area contributed by atoms with Crippen molar-refractivity contribution < 1.29 is 18.4 Å². The highest BCUT2D eigenvalue weighted by atomic mass is 19.3. The molecule has 1 heterocycles. The van der Waals surface area contributed by atoms with E-state index in [0.29, 0.717) is 12.8 Å². The summed E-state index contributed by atoms with van der Waals surface area (Å²) in [4.78, 5) is 26.2. The summed E-state index contributed by atoms with van der Waals surface area (Å²) in [6.07, 6.45) is -0.0771. The number of carbonyl (C=O) groups excluding carboxylic acids is 2. The Morgan fingerprint density at radius 3 is 2.30 bits per heavy atom. The average molecular weight is 288 g/mol. The molecule has 1 N–H and O–H groups in total. The van der Waals surface area contributed by atoms with Gasteiger partial charge in [0.1, 0.15) is 11.6 Å². The third-order valence-electron chi connectivity index (χ3n) is 4.35. The van der Waals surface area contributed by atoms with Gasteiger partial charge in [0.05, 0.1) is 6.54 Å². The Hall–Kier alpha value is -1.20. The van der Waals surface area contributed by atoms with E-state index in [4.69, 9.17) is 0 Å². The Kier molecular flexibility index (Phi) is 3.77. The van der Waals surface area contributed by atoms with E-state index in [1.54, 1.807) is 0 Å². The predicted molar refractivity (Wildman–Crippen MR) is 70.3 cm³/mol. The number of nitrogens with one attached hydrogen (secondary N) is 1. The smallest absolute Gasteiger partial charge is 0.255 e. The van der Waals surface area contributed by atoms with E-state index in [1.807, 2.05) is 20.8 Å². The topological polar surface area (TPSA) is 49.4 Å². The van der Waals surface area contributed by atoms with Crippen LogP contribution in [0.2, 0.25) is 0 Å². The zero-order valence-electron chi connectivity index (χ0n) is 12.2. The Labute approximate surface area is 117 Å². The zero-order valence-corrected chi connectivity index (χ0v) is 12.2. The lowest BCUT2D eigenvalue weighted by Gasteiger charge is -2.49. The van der Waals surface area contributed by atoms with Gasteiger partial charge in [-0.1, -0.05) is 33.6 Å². The van der Waals surface area contributed by atoms with E-state index in [0.717, 1.165) is 17.7 Å². The summed E-state index contributed by atoms with van der Waals surface area (Å²) in [7, 11) is 0. The molecule has 0 aromatic carbocycles. The molecule has 1 aliphatic heterocycles. The Bertz CT molecular complexity index is 412. The molecule has 0 bridgehead atoms. The molecule has 1 unspecified atom stereocenters. The van der Waals surface area contributed by atoms with Gasteiger partial charge in [-0.3, -0.25) is 9.59 Å². The maximum atomic E-state index is 12.9. The van der Waals surface area contributed by atoms with Crippen LogP contribution in [0.5, 0.6) is 0 Å². The first-order valence-electron chi connectivity index (χ1n) is 7.09. The Morgan fingerprint density at radius 2 is 1.85 bits per heavy atom. The summed E-state index contributed by atoms with van der Waals surface area (Å²) < 4.78 is 25.7. The molecule has 6 heteroatoms. The van der Waals surface area contributed by atoms with E-state index in [-0.39, 0.29) is 11.8 Å². The van der Waals surface area contributed by atoms with Crippen LogP contribution in [0.1, 0.15) is 46.5 Å². The predicted octanol–water partition coefficient (Wildman–Crippen LogP) is 1.94. The van der Waals surface area contributed by atoms with Crippen LogP contribution in [0.15, 0.2) is 0 Å². The molecule has 0 aromatic heterocycles. The maximum Gasteiger partial charge on any atom is 0.255 e. The van der Waals surface area contributed by atoms with Crippen LogP contribution in [0, 0.1) is 5.41 Å². The van der Waals surface area contributed by atoms with Gasteiger partial charge >= 0.3 is 0 Å². The van der Waals surface area contributed by atoms with Gasteiger partial charge in [-0.2, -0.15) is 0 Å². The largest absolute Gasteiger partial charge is 0.342 e. The van der Waals surface area contributed by atoms with Crippen LogP contribution in [-0.2, 0) is 9.59 Å². The standard InChI is InChI=1S/C14H22F2N2O2/c1-13(2,3)10-11(19)18(8-9(15)16)14(12(20)17-10)6-4-5-7-14/h9-10H,4-8H2,1-3H3,(H,17,20). The van der Waals surface area contributed by atoms with Crippen molar-refractivity contribution in [3.63, 3.8) is 0 Å². The van der Waals surface area contributed by atoms with Crippen LogP contribution in [0.4, 0.5) is 8.78 Å². The average Bonchev–Trinajstić information content (AvgIpc) is 2.78. The third-order valence-corrected chi connectivity index (χ3v) is 4.35. The molecule has 20 heavy (non-hydrogen) atoms. The molecular weight excluding hydrogens is 266 g/mol. The second-order valence-corrected chi connectivity index (χ2v) is 6.85. The minimum Gasteiger partial charge on any atom is -0.342 e. The second-order valence-electron chi connectivity index (χ2n) is 6.85. The molecule has 1 spiro atoms. The van der Waals surface area contributed by atoms with Crippen LogP contribution in [0.3, 0.4) is 0 Å². The number of halogens is 2. The van der Waals surface area contributed by atoms with Gasteiger partial charge in [-0.05, 0) is 18.3 Å². The van der Waals surface area contributed by atoms with Crippen molar-refractivity contribution in [3.8, 4) is 0 Å². The highest BCUT2D eigenvalue weighted by Crippen LogP contribution is 2.40. The number of hydrogen-bond donors (Lipinski definition) is 1. The summed E-state index contributed by atoms with van der Waals surface area (Å²) >= 11 is 0. The van der Waals surface area contributed by atoms with Crippen LogP contribution in [0.25, 0.3) is 0 Å². The fourth-order valence-electron chi connectivity index (χ4n) is 3.26. The number of carbonyl (C=O) groups is 2. The van der Waals surface area contributed by atoms with Crippen molar-refractivity contribution in [2.45, 2.75) is 64.5 Å². The van der Waals surface area contributed by atoms with Gasteiger partial charge in [-0.15, -0.1) is 0 Å². The molecule has 2 amide bonds. The number of piperazine rings is 1. The molecular formula is C14H22F2N2O2. The van der Waals surface area contributed by atoms with Crippen molar-refractivity contribution in [1.29, 1.82) is 0 Å². The summed E-state index contributed by atoms with van der Waals surface area (Å²) in [6, 6.07) is -0.736. The number of rotatable bonds is 2. The Morgan fingerprint density at radius 1 is 1.30 bits per heavy atom. The summed E-state index contributed by atoms with van der Waals surface area (Å²) in [6.45, 7) is 4.81. The molecule has 2 aliphatic rings. The molecule has 0 radical (unpaired) electrons. The summed E-state index contributed by atoms with van der Waals surface area (Å²) in [5, 5.41) is 2.77. The fourth-order valence-corrected chi connectivity index (χ4v) is 3.26. The fraction of sp³-hybridized carbons (Fsp3) is 0.857. The summed E-state index contributed by atoms with van der Waals surface area (Å²) in [5.41, 5.74) is -1.54. The molecule has 1 atom stereocenters. The van der Waals surface area contributed by atoms with E-state index in [2.05, 4.69) is 5.32 Å². The first-order chi connectivity index (χ1) is 9.18. The van der Waals surface area contributed by atoms with Crippen LogP contribution < -0.4 is 5.32 Å². The van der Waals surface area contributed by atoms with E-state index in [1.165, 1.54) is 0 Å². The minimum atomic E-state index is -2.62.